The van der Waals surface area contributed by atoms with Crippen molar-refractivity contribution in [1.29, 1.82) is 0 Å². The van der Waals surface area contributed by atoms with Gasteiger partial charge in [-0.25, -0.2) is 0 Å². The van der Waals surface area contributed by atoms with Crippen molar-refractivity contribution in [2.45, 2.75) is 18.9 Å². The second-order valence-electron chi connectivity index (χ2n) is 6.45. The summed E-state index contributed by atoms with van der Waals surface area (Å²) in [5.41, 5.74) is 0.796. The summed E-state index contributed by atoms with van der Waals surface area (Å²) in [7, 11) is 0. The number of amides is 1. The van der Waals surface area contributed by atoms with Crippen LogP contribution in [0.3, 0.4) is 0 Å². The maximum Gasteiger partial charge on any atom is 0.261 e. The van der Waals surface area contributed by atoms with E-state index in [1.54, 1.807) is 36.4 Å². The predicted molar refractivity (Wildman–Crippen MR) is 94.9 cm³/mol. The summed E-state index contributed by atoms with van der Waals surface area (Å²) in [6.07, 6.45) is 2.66. The SMILES string of the molecule is Cc1ccc2c(c1)[C@@](O)(CC(=O)/C=C/c1ccc3c(c1)OCO3)C(=O)N2. The Bertz CT molecular complexity index is 949. The summed E-state index contributed by atoms with van der Waals surface area (Å²) in [6, 6.07) is 10.6. The molecule has 4 rings (SSSR count). The third-order valence-electron chi connectivity index (χ3n) is 4.53. The quantitative estimate of drug-likeness (QED) is 0.827. The van der Waals surface area contributed by atoms with Crippen LogP contribution in [0.25, 0.3) is 6.08 Å². The number of nitrogens with one attached hydrogen (secondary N) is 1. The first-order valence-electron chi connectivity index (χ1n) is 8.21. The van der Waals surface area contributed by atoms with Crippen LogP contribution < -0.4 is 14.8 Å². The molecule has 2 aromatic carbocycles. The summed E-state index contributed by atoms with van der Waals surface area (Å²) in [5.74, 6) is 0.354. The molecule has 2 N–H and O–H groups in total. The van der Waals surface area contributed by atoms with Gasteiger partial charge in [-0.1, -0.05) is 29.8 Å². The van der Waals surface area contributed by atoms with Crippen LogP contribution in [0.4, 0.5) is 5.69 Å². The van der Waals surface area contributed by atoms with E-state index in [0.717, 1.165) is 11.1 Å². The lowest BCUT2D eigenvalue weighted by Crippen LogP contribution is -2.36. The molecule has 132 valence electrons. The molecule has 0 spiro atoms. The molecule has 0 saturated heterocycles. The first-order valence-corrected chi connectivity index (χ1v) is 8.21. The lowest BCUT2D eigenvalue weighted by Gasteiger charge is -2.19. The van der Waals surface area contributed by atoms with Gasteiger partial charge in [0.25, 0.3) is 5.91 Å². The largest absolute Gasteiger partial charge is 0.454 e. The molecule has 1 amide bonds. The fourth-order valence-electron chi connectivity index (χ4n) is 3.15. The Labute approximate surface area is 150 Å². The standard InChI is InChI=1S/C20H17NO5/c1-12-2-6-16-15(8-12)20(24,19(23)21-16)10-14(22)5-3-13-4-7-17-18(9-13)26-11-25-17/h2-9,24H,10-11H2,1H3,(H,21,23)/b5-3+/t20-/m0/s1. The van der Waals surface area contributed by atoms with Gasteiger partial charge in [-0.05, 0) is 36.8 Å². The fraction of sp³-hybridized carbons (Fsp3) is 0.200. The van der Waals surface area contributed by atoms with Gasteiger partial charge in [-0.15, -0.1) is 0 Å². The average Bonchev–Trinajstić information content (AvgIpc) is 3.17. The van der Waals surface area contributed by atoms with Gasteiger partial charge in [0.2, 0.25) is 6.79 Å². The number of benzene rings is 2. The summed E-state index contributed by atoms with van der Waals surface area (Å²) < 4.78 is 10.5. The summed E-state index contributed by atoms with van der Waals surface area (Å²) in [4.78, 5) is 24.6. The third-order valence-corrected chi connectivity index (χ3v) is 4.53. The summed E-state index contributed by atoms with van der Waals surface area (Å²) in [5, 5.41) is 13.5. The predicted octanol–water partition coefficient (Wildman–Crippen LogP) is 2.54. The van der Waals surface area contributed by atoms with Crippen molar-refractivity contribution in [2.24, 2.45) is 0 Å². The zero-order chi connectivity index (χ0) is 18.3. The number of aryl methyl sites for hydroxylation is 1. The highest BCUT2D eigenvalue weighted by molar-refractivity contribution is 6.08. The Kier molecular flexibility index (Phi) is 3.77. The van der Waals surface area contributed by atoms with Crippen molar-refractivity contribution in [3.8, 4) is 11.5 Å². The fourth-order valence-corrected chi connectivity index (χ4v) is 3.15. The Balaban J connectivity index is 1.53. The zero-order valence-electron chi connectivity index (χ0n) is 14.1. The highest BCUT2D eigenvalue weighted by Crippen LogP contribution is 2.39. The molecule has 0 aliphatic carbocycles. The first-order chi connectivity index (χ1) is 12.5. The highest BCUT2D eigenvalue weighted by Gasteiger charge is 2.46. The van der Waals surface area contributed by atoms with E-state index in [0.29, 0.717) is 22.7 Å². The van der Waals surface area contributed by atoms with Crippen molar-refractivity contribution >= 4 is 23.5 Å². The van der Waals surface area contributed by atoms with Gasteiger partial charge >= 0.3 is 0 Å². The van der Waals surface area contributed by atoms with Crippen LogP contribution in [-0.4, -0.2) is 23.6 Å². The van der Waals surface area contributed by atoms with Gasteiger partial charge in [0, 0.05) is 11.3 Å². The zero-order valence-corrected chi connectivity index (χ0v) is 14.1. The molecule has 1 atom stereocenters. The third kappa shape index (κ3) is 2.74. The van der Waals surface area contributed by atoms with E-state index in [9.17, 15) is 14.7 Å². The number of carbonyl (C=O) groups is 2. The molecule has 0 radical (unpaired) electrons. The van der Waals surface area contributed by atoms with Crippen molar-refractivity contribution in [1.82, 2.24) is 0 Å². The number of carbonyl (C=O) groups excluding carboxylic acids is 2. The lowest BCUT2D eigenvalue weighted by molar-refractivity contribution is -0.138. The number of allylic oxidation sites excluding steroid dienone is 1. The van der Waals surface area contributed by atoms with E-state index in [-0.39, 0.29) is 19.0 Å². The smallest absolute Gasteiger partial charge is 0.261 e. The molecule has 2 aromatic rings. The Morgan fingerprint density at radius 1 is 1.23 bits per heavy atom. The number of hydrogen-bond acceptors (Lipinski definition) is 5. The molecule has 2 heterocycles. The van der Waals surface area contributed by atoms with E-state index in [1.807, 2.05) is 13.0 Å². The first kappa shape index (κ1) is 16.4. The second kappa shape index (κ2) is 6.00. The molecular formula is C20H17NO5. The molecule has 0 saturated carbocycles. The summed E-state index contributed by atoms with van der Waals surface area (Å²) in [6.45, 7) is 2.05. The molecular weight excluding hydrogens is 334 g/mol. The van der Waals surface area contributed by atoms with E-state index in [2.05, 4.69) is 5.32 Å². The molecule has 2 aliphatic rings. The number of rotatable bonds is 4. The van der Waals surface area contributed by atoms with Crippen LogP contribution in [0.5, 0.6) is 11.5 Å². The minimum absolute atomic E-state index is 0.183. The monoisotopic (exact) mass is 351 g/mol. The molecule has 0 unspecified atom stereocenters. The Hall–Kier alpha value is -3.12. The van der Waals surface area contributed by atoms with Crippen LogP contribution in [0.1, 0.15) is 23.1 Å². The minimum atomic E-state index is -1.85. The van der Waals surface area contributed by atoms with E-state index in [1.165, 1.54) is 6.08 Å². The van der Waals surface area contributed by atoms with Gasteiger partial charge in [0.05, 0.1) is 6.42 Å². The topological polar surface area (TPSA) is 84.9 Å². The summed E-state index contributed by atoms with van der Waals surface area (Å²) >= 11 is 0. The molecule has 26 heavy (non-hydrogen) atoms. The van der Waals surface area contributed by atoms with Crippen LogP contribution in [0.15, 0.2) is 42.5 Å². The number of anilines is 1. The number of hydrogen-bond donors (Lipinski definition) is 2. The molecule has 6 heteroatoms. The van der Waals surface area contributed by atoms with Gasteiger partial charge in [0.15, 0.2) is 22.9 Å². The maximum atomic E-state index is 12.4. The van der Waals surface area contributed by atoms with E-state index < -0.39 is 11.5 Å². The molecule has 0 fully saturated rings. The van der Waals surface area contributed by atoms with Crippen molar-refractivity contribution in [3.63, 3.8) is 0 Å². The maximum absolute atomic E-state index is 12.4. The van der Waals surface area contributed by atoms with Crippen LogP contribution in [-0.2, 0) is 15.2 Å². The molecule has 6 nitrogen and oxygen atoms in total. The molecule has 0 bridgehead atoms. The van der Waals surface area contributed by atoms with Gasteiger partial charge < -0.3 is 19.9 Å². The second-order valence-corrected chi connectivity index (χ2v) is 6.45. The van der Waals surface area contributed by atoms with Crippen molar-refractivity contribution in [2.75, 3.05) is 12.1 Å². The lowest BCUT2D eigenvalue weighted by atomic mass is 9.89. The molecule has 0 aromatic heterocycles. The van der Waals surface area contributed by atoms with Crippen LogP contribution in [0, 0.1) is 6.92 Å². The van der Waals surface area contributed by atoms with Gasteiger partial charge in [0.1, 0.15) is 0 Å². The number of aliphatic hydroxyl groups is 1. The minimum Gasteiger partial charge on any atom is -0.454 e. The number of fused-ring (bicyclic) bond motifs is 2. The van der Waals surface area contributed by atoms with Gasteiger partial charge in [-0.2, -0.15) is 0 Å². The Morgan fingerprint density at radius 3 is 2.88 bits per heavy atom. The van der Waals surface area contributed by atoms with Crippen LogP contribution >= 0.6 is 0 Å². The average molecular weight is 351 g/mol. The van der Waals surface area contributed by atoms with E-state index in [4.69, 9.17) is 9.47 Å². The normalized spacial score (nSPS) is 20.3. The van der Waals surface area contributed by atoms with Crippen molar-refractivity contribution < 1.29 is 24.2 Å². The van der Waals surface area contributed by atoms with Crippen LogP contribution in [0.2, 0.25) is 0 Å². The van der Waals surface area contributed by atoms with E-state index >= 15 is 0 Å². The molecule has 2 aliphatic heterocycles. The Morgan fingerprint density at radius 2 is 2.04 bits per heavy atom. The highest BCUT2D eigenvalue weighted by atomic mass is 16.7. The number of ether oxygens (including phenoxy) is 2. The van der Waals surface area contributed by atoms with Gasteiger partial charge in [-0.3, -0.25) is 9.59 Å². The van der Waals surface area contributed by atoms with Crippen molar-refractivity contribution in [3.05, 3.63) is 59.2 Å². The number of ketones is 1.